The average molecular weight is 470 g/mol. The highest BCUT2D eigenvalue weighted by atomic mass is 32.2. The van der Waals surface area contributed by atoms with E-state index in [0.29, 0.717) is 11.1 Å². The highest BCUT2D eigenvalue weighted by molar-refractivity contribution is 7.89. The Balaban J connectivity index is 1.76. The Bertz CT molecular complexity index is 1220. The van der Waals surface area contributed by atoms with Crippen LogP contribution in [-0.4, -0.2) is 26.3 Å². The molecular formula is C24H24FN3O4S. The molecule has 0 saturated carbocycles. The molecule has 0 aliphatic carbocycles. The lowest BCUT2D eigenvalue weighted by atomic mass is 10.1. The highest BCUT2D eigenvalue weighted by Crippen LogP contribution is 2.15. The summed E-state index contributed by atoms with van der Waals surface area (Å²) in [4.78, 5) is 24.6. The molecule has 33 heavy (non-hydrogen) atoms. The van der Waals surface area contributed by atoms with Crippen LogP contribution in [0.15, 0.2) is 83.8 Å². The Morgan fingerprint density at radius 2 is 1.48 bits per heavy atom. The molecule has 1 atom stereocenters. The summed E-state index contributed by atoms with van der Waals surface area (Å²) in [6.45, 7) is 1.99. The van der Waals surface area contributed by atoms with Gasteiger partial charge in [-0.1, -0.05) is 61.5 Å². The number of hydrazine groups is 1. The zero-order valence-corrected chi connectivity index (χ0v) is 18.7. The van der Waals surface area contributed by atoms with Crippen molar-refractivity contribution in [2.45, 2.75) is 30.7 Å². The first kappa shape index (κ1) is 24.1. The smallest absolute Gasteiger partial charge is 0.269 e. The van der Waals surface area contributed by atoms with Gasteiger partial charge in [-0.3, -0.25) is 20.4 Å². The van der Waals surface area contributed by atoms with Gasteiger partial charge in [-0.25, -0.2) is 12.8 Å². The lowest BCUT2D eigenvalue weighted by Gasteiger charge is -2.19. The second-order valence-corrected chi connectivity index (χ2v) is 8.97. The molecule has 7 nitrogen and oxygen atoms in total. The number of nitrogens with one attached hydrogen (secondary N) is 3. The minimum atomic E-state index is -4.35. The van der Waals surface area contributed by atoms with E-state index in [2.05, 4.69) is 15.6 Å². The van der Waals surface area contributed by atoms with Gasteiger partial charge in [0.15, 0.2) is 0 Å². The summed E-state index contributed by atoms with van der Waals surface area (Å²) < 4.78 is 41.8. The number of benzene rings is 3. The van der Waals surface area contributed by atoms with Gasteiger partial charge in [0.05, 0.1) is 0 Å². The largest absolute Gasteiger partial charge is 0.271 e. The van der Waals surface area contributed by atoms with E-state index in [1.807, 2.05) is 6.92 Å². The van der Waals surface area contributed by atoms with Crippen LogP contribution in [0.5, 0.6) is 0 Å². The van der Waals surface area contributed by atoms with Gasteiger partial charge >= 0.3 is 0 Å². The number of amides is 2. The number of hydrogen-bond donors (Lipinski definition) is 3. The molecule has 3 N–H and O–H groups in total. The van der Waals surface area contributed by atoms with Crippen molar-refractivity contribution in [3.8, 4) is 0 Å². The number of hydrogen-bond acceptors (Lipinski definition) is 4. The molecule has 0 radical (unpaired) electrons. The first-order chi connectivity index (χ1) is 15.8. The van der Waals surface area contributed by atoms with Crippen LogP contribution in [0.2, 0.25) is 0 Å². The second-order valence-electron chi connectivity index (χ2n) is 7.29. The molecule has 0 fully saturated rings. The molecule has 0 spiro atoms. The summed E-state index contributed by atoms with van der Waals surface area (Å²) in [5.41, 5.74) is 6.62. The quantitative estimate of drug-likeness (QED) is 0.441. The van der Waals surface area contributed by atoms with Crippen LogP contribution in [0.25, 0.3) is 0 Å². The van der Waals surface area contributed by atoms with Crippen molar-refractivity contribution in [3.05, 3.63) is 101 Å². The Kier molecular flexibility index (Phi) is 7.92. The fourth-order valence-corrected chi connectivity index (χ4v) is 4.39. The fraction of sp³-hybridized carbons (Fsp3) is 0.167. The number of carbonyl (C=O) groups excluding carboxylic acids is 2. The predicted octanol–water partition coefficient (Wildman–Crippen LogP) is 2.74. The predicted molar refractivity (Wildman–Crippen MR) is 122 cm³/mol. The molecule has 3 aromatic rings. The van der Waals surface area contributed by atoms with Crippen molar-refractivity contribution in [2.75, 3.05) is 0 Å². The fourth-order valence-electron chi connectivity index (χ4n) is 3.12. The van der Waals surface area contributed by atoms with E-state index >= 15 is 0 Å². The van der Waals surface area contributed by atoms with Gasteiger partial charge in [0.25, 0.3) is 11.8 Å². The molecular weight excluding hydrogens is 445 g/mol. The minimum Gasteiger partial charge on any atom is -0.271 e. The van der Waals surface area contributed by atoms with Crippen LogP contribution in [0.3, 0.4) is 0 Å². The van der Waals surface area contributed by atoms with Crippen molar-refractivity contribution in [2.24, 2.45) is 0 Å². The number of sulfonamides is 1. The van der Waals surface area contributed by atoms with Gasteiger partial charge in [-0.2, -0.15) is 4.72 Å². The van der Waals surface area contributed by atoms with Crippen LogP contribution in [0, 0.1) is 5.82 Å². The van der Waals surface area contributed by atoms with Crippen LogP contribution < -0.4 is 15.6 Å². The van der Waals surface area contributed by atoms with E-state index < -0.39 is 38.6 Å². The van der Waals surface area contributed by atoms with Crippen molar-refractivity contribution in [1.82, 2.24) is 15.6 Å². The Hall–Kier alpha value is -3.56. The highest BCUT2D eigenvalue weighted by Gasteiger charge is 2.28. The molecule has 0 saturated heterocycles. The van der Waals surface area contributed by atoms with Crippen LogP contribution in [0.4, 0.5) is 4.39 Å². The van der Waals surface area contributed by atoms with Crippen LogP contribution >= 0.6 is 0 Å². The third-order valence-corrected chi connectivity index (χ3v) is 6.45. The molecule has 172 valence electrons. The molecule has 9 heteroatoms. The van der Waals surface area contributed by atoms with Crippen LogP contribution in [0.1, 0.15) is 28.4 Å². The number of rotatable bonds is 8. The lowest BCUT2D eigenvalue weighted by molar-refractivity contribution is -0.123. The van der Waals surface area contributed by atoms with E-state index in [0.717, 1.165) is 24.1 Å². The average Bonchev–Trinajstić information content (AvgIpc) is 2.82. The molecule has 0 heterocycles. The maximum Gasteiger partial charge on any atom is 0.269 e. The van der Waals surface area contributed by atoms with Gasteiger partial charge in [-0.05, 0) is 48.2 Å². The van der Waals surface area contributed by atoms with Gasteiger partial charge in [0.1, 0.15) is 16.8 Å². The van der Waals surface area contributed by atoms with Crippen molar-refractivity contribution < 1.29 is 22.4 Å². The van der Waals surface area contributed by atoms with Gasteiger partial charge in [0, 0.05) is 5.56 Å². The Morgan fingerprint density at radius 1 is 0.848 bits per heavy atom. The zero-order chi connectivity index (χ0) is 23.8. The normalized spacial score (nSPS) is 12.1. The molecule has 3 rings (SSSR count). The second kappa shape index (κ2) is 10.8. The summed E-state index contributed by atoms with van der Waals surface area (Å²) in [5, 5.41) is 0. The SMILES string of the molecule is CCc1ccc(C(=O)NNC(=O)[C@H](Cc2ccccc2)NS(=O)(=O)c2ccccc2F)cc1. The first-order valence-electron chi connectivity index (χ1n) is 10.3. The third-order valence-electron chi connectivity index (χ3n) is 4.95. The number of halogens is 1. The summed E-state index contributed by atoms with van der Waals surface area (Å²) >= 11 is 0. The molecule has 0 bridgehead atoms. The monoisotopic (exact) mass is 469 g/mol. The van der Waals surface area contributed by atoms with Gasteiger partial charge in [-0.15, -0.1) is 0 Å². The molecule has 0 aliphatic rings. The molecule has 3 aromatic carbocycles. The first-order valence-corrected chi connectivity index (χ1v) is 11.8. The number of aryl methyl sites for hydroxylation is 1. The third kappa shape index (κ3) is 6.47. The van der Waals surface area contributed by atoms with Crippen LogP contribution in [-0.2, 0) is 27.7 Å². The van der Waals surface area contributed by atoms with Crippen molar-refractivity contribution in [3.63, 3.8) is 0 Å². The molecule has 2 amide bonds. The van der Waals surface area contributed by atoms with E-state index in [9.17, 15) is 22.4 Å². The maximum absolute atomic E-state index is 14.1. The van der Waals surface area contributed by atoms with E-state index in [1.165, 1.54) is 12.1 Å². The van der Waals surface area contributed by atoms with E-state index in [4.69, 9.17) is 0 Å². The topological polar surface area (TPSA) is 104 Å². The van der Waals surface area contributed by atoms with Crippen molar-refractivity contribution in [1.29, 1.82) is 0 Å². The minimum absolute atomic E-state index is 0.0125. The standard InChI is InChI=1S/C24H24FN3O4S/c1-2-17-12-14-19(15-13-17)23(29)26-27-24(30)21(16-18-8-4-3-5-9-18)28-33(31,32)22-11-7-6-10-20(22)25/h3-15,21,28H,2,16H2,1H3,(H,26,29)(H,27,30)/t21-/m0/s1. The molecule has 0 aliphatic heterocycles. The Labute approximate surface area is 192 Å². The Morgan fingerprint density at radius 3 is 2.12 bits per heavy atom. The summed E-state index contributed by atoms with van der Waals surface area (Å²) in [7, 11) is -4.35. The summed E-state index contributed by atoms with van der Waals surface area (Å²) in [6.07, 6.45) is 0.809. The number of carbonyl (C=O) groups is 2. The zero-order valence-electron chi connectivity index (χ0n) is 17.9. The van der Waals surface area contributed by atoms with E-state index in [-0.39, 0.29) is 6.42 Å². The van der Waals surface area contributed by atoms with E-state index in [1.54, 1.807) is 54.6 Å². The molecule has 0 aromatic heterocycles. The maximum atomic E-state index is 14.1. The summed E-state index contributed by atoms with van der Waals surface area (Å²) in [5.74, 6) is -2.29. The van der Waals surface area contributed by atoms with Gasteiger partial charge in [0.2, 0.25) is 10.0 Å². The van der Waals surface area contributed by atoms with Gasteiger partial charge < -0.3 is 0 Å². The lowest BCUT2D eigenvalue weighted by Crippen LogP contribution is -2.53. The summed E-state index contributed by atoms with van der Waals surface area (Å²) in [6, 6.07) is 19.2. The molecule has 0 unspecified atom stereocenters. The van der Waals surface area contributed by atoms with Crippen molar-refractivity contribution >= 4 is 21.8 Å².